The maximum absolute atomic E-state index is 11.5. The van der Waals surface area contributed by atoms with Crippen LogP contribution in [-0.2, 0) is 16.6 Å². The van der Waals surface area contributed by atoms with Crippen LogP contribution in [0.4, 0.5) is 5.69 Å². The van der Waals surface area contributed by atoms with Crippen LogP contribution >= 0.6 is 11.6 Å². The summed E-state index contributed by atoms with van der Waals surface area (Å²) in [6.45, 7) is 0.592. The first-order valence-corrected chi connectivity index (χ1v) is 7.75. The lowest BCUT2D eigenvalue weighted by molar-refractivity contribution is 0.602. The van der Waals surface area contributed by atoms with Crippen molar-refractivity contribution in [1.82, 2.24) is 14.8 Å². The highest BCUT2D eigenvalue weighted by Gasteiger charge is 2.08. The molecule has 0 bridgehead atoms. The topological polar surface area (TPSA) is 76.9 Å². The second-order valence-electron chi connectivity index (χ2n) is 3.90. The summed E-state index contributed by atoms with van der Waals surface area (Å²) in [5, 5.41) is 4.00. The van der Waals surface area contributed by atoms with E-state index >= 15 is 0 Å². The highest BCUT2D eigenvalue weighted by molar-refractivity contribution is 7.92. The van der Waals surface area contributed by atoms with Crippen molar-refractivity contribution < 1.29 is 8.42 Å². The minimum Gasteiger partial charge on any atom is -0.284 e. The summed E-state index contributed by atoms with van der Waals surface area (Å²) in [5.41, 5.74) is 1.53. The zero-order valence-electron chi connectivity index (χ0n) is 10.0. The SMILES string of the molecule is O=S(=O)(CCCl)Nc1ccc(Cn2cncn2)cc1. The van der Waals surface area contributed by atoms with Crippen molar-refractivity contribution in [1.29, 1.82) is 0 Å². The van der Waals surface area contributed by atoms with Crippen molar-refractivity contribution in [3.63, 3.8) is 0 Å². The molecule has 0 amide bonds. The number of anilines is 1. The molecule has 1 aromatic carbocycles. The van der Waals surface area contributed by atoms with Gasteiger partial charge in [-0.05, 0) is 17.7 Å². The molecule has 8 heteroatoms. The predicted molar refractivity (Wildman–Crippen MR) is 73.7 cm³/mol. The molecule has 102 valence electrons. The summed E-state index contributed by atoms with van der Waals surface area (Å²) in [6.07, 6.45) is 3.09. The number of nitrogens with one attached hydrogen (secondary N) is 1. The van der Waals surface area contributed by atoms with Crippen LogP contribution in [0.1, 0.15) is 5.56 Å². The molecule has 1 aromatic heterocycles. The lowest BCUT2D eigenvalue weighted by Crippen LogP contribution is -2.17. The maximum Gasteiger partial charge on any atom is 0.233 e. The fourth-order valence-corrected chi connectivity index (χ4v) is 2.92. The van der Waals surface area contributed by atoms with Crippen LogP contribution in [0.25, 0.3) is 0 Å². The average Bonchev–Trinajstić information content (AvgIpc) is 2.84. The van der Waals surface area contributed by atoms with Crippen LogP contribution in [0, 0.1) is 0 Å². The second-order valence-corrected chi connectivity index (χ2v) is 6.12. The Morgan fingerprint density at radius 3 is 2.58 bits per heavy atom. The van der Waals surface area contributed by atoms with Gasteiger partial charge in [-0.3, -0.25) is 4.72 Å². The number of halogens is 1. The van der Waals surface area contributed by atoms with Gasteiger partial charge < -0.3 is 0 Å². The molecule has 19 heavy (non-hydrogen) atoms. The van der Waals surface area contributed by atoms with Gasteiger partial charge in [-0.15, -0.1) is 11.6 Å². The third kappa shape index (κ3) is 4.22. The van der Waals surface area contributed by atoms with Crippen LogP contribution < -0.4 is 4.72 Å². The van der Waals surface area contributed by atoms with Crippen molar-refractivity contribution in [2.75, 3.05) is 16.4 Å². The van der Waals surface area contributed by atoms with Gasteiger partial charge >= 0.3 is 0 Å². The molecular weight excluding hydrogens is 288 g/mol. The molecule has 0 saturated carbocycles. The smallest absolute Gasteiger partial charge is 0.233 e. The summed E-state index contributed by atoms with van der Waals surface area (Å²) >= 11 is 5.42. The Labute approximate surface area is 116 Å². The number of alkyl halides is 1. The molecule has 0 saturated heterocycles. The fraction of sp³-hybridized carbons (Fsp3) is 0.273. The number of sulfonamides is 1. The van der Waals surface area contributed by atoms with Crippen LogP contribution in [-0.4, -0.2) is 34.8 Å². The van der Waals surface area contributed by atoms with E-state index in [0.29, 0.717) is 12.2 Å². The first-order valence-electron chi connectivity index (χ1n) is 5.57. The number of hydrogen-bond donors (Lipinski definition) is 1. The first-order chi connectivity index (χ1) is 9.09. The predicted octanol–water partition coefficient (Wildman–Crippen LogP) is 1.31. The summed E-state index contributed by atoms with van der Waals surface area (Å²) in [5.74, 6) is -0.0328. The zero-order chi connectivity index (χ0) is 13.7. The lowest BCUT2D eigenvalue weighted by Gasteiger charge is -2.07. The molecule has 0 fully saturated rings. The fourth-order valence-electron chi connectivity index (χ4n) is 1.51. The van der Waals surface area contributed by atoms with E-state index in [2.05, 4.69) is 14.8 Å². The minimum atomic E-state index is -3.36. The maximum atomic E-state index is 11.5. The second kappa shape index (κ2) is 6.03. The number of hydrogen-bond acceptors (Lipinski definition) is 4. The minimum absolute atomic E-state index is 0.0692. The monoisotopic (exact) mass is 300 g/mol. The molecular formula is C11H13ClN4O2S. The molecule has 0 atom stereocenters. The third-order valence-electron chi connectivity index (χ3n) is 2.38. The first kappa shape index (κ1) is 13.8. The lowest BCUT2D eigenvalue weighted by atomic mass is 10.2. The van der Waals surface area contributed by atoms with E-state index in [1.165, 1.54) is 6.33 Å². The van der Waals surface area contributed by atoms with Crippen LogP contribution in [0.15, 0.2) is 36.9 Å². The van der Waals surface area contributed by atoms with Gasteiger partial charge in [0.25, 0.3) is 0 Å². The van der Waals surface area contributed by atoms with Gasteiger partial charge in [0.05, 0.1) is 12.3 Å². The van der Waals surface area contributed by atoms with Crippen LogP contribution in [0.2, 0.25) is 0 Å². The summed E-state index contributed by atoms with van der Waals surface area (Å²) in [7, 11) is -3.36. The van der Waals surface area contributed by atoms with Crippen molar-refractivity contribution in [3.8, 4) is 0 Å². The van der Waals surface area contributed by atoms with Crippen molar-refractivity contribution >= 4 is 27.3 Å². The van der Waals surface area contributed by atoms with Crippen LogP contribution in [0.3, 0.4) is 0 Å². The molecule has 0 aliphatic heterocycles. The van der Waals surface area contributed by atoms with Gasteiger partial charge in [0.15, 0.2) is 0 Å². The highest BCUT2D eigenvalue weighted by atomic mass is 35.5. The number of rotatable bonds is 6. The Balaban J connectivity index is 2.02. The number of benzene rings is 1. The molecule has 0 unspecified atom stereocenters. The molecule has 0 aliphatic rings. The summed E-state index contributed by atoms with van der Waals surface area (Å²) in [4.78, 5) is 3.85. The quantitative estimate of drug-likeness (QED) is 0.816. The van der Waals surface area contributed by atoms with E-state index in [4.69, 9.17) is 11.6 Å². The molecule has 0 aliphatic carbocycles. The Hall–Kier alpha value is -1.60. The van der Waals surface area contributed by atoms with E-state index in [1.54, 1.807) is 23.1 Å². The van der Waals surface area contributed by atoms with Crippen molar-refractivity contribution in [2.24, 2.45) is 0 Å². The van der Waals surface area contributed by atoms with E-state index in [-0.39, 0.29) is 11.6 Å². The van der Waals surface area contributed by atoms with Gasteiger partial charge in [-0.2, -0.15) is 5.10 Å². The zero-order valence-corrected chi connectivity index (χ0v) is 11.6. The van der Waals surface area contributed by atoms with Gasteiger partial charge in [0, 0.05) is 11.6 Å². The molecule has 2 rings (SSSR count). The van der Waals surface area contributed by atoms with E-state index in [9.17, 15) is 8.42 Å². The number of nitrogens with zero attached hydrogens (tertiary/aromatic N) is 3. The normalized spacial score (nSPS) is 11.4. The number of aromatic nitrogens is 3. The average molecular weight is 301 g/mol. The molecule has 2 aromatic rings. The Kier molecular flexibility index (Phi) is 4.39. The molecule has 1 N–H and O–H groups in total. The molecule has 0 radical (unpaired) electrons. The Morgan fingerprint density at radius 1 is 1.26 bits per heavy atom. The van der Waals surface area contributed by atoms with Crippen LogP contribution in [0.5, 0.6) is 0 Å². The van der Waals surface area contributed by atoms with Gasteiger partial charge in [0.1, 0.15) is 12.7 Å². The van der Waals surface area contributed by atoms with Gasteiger partial charge in [0.2, 0.25) is 10.0 Å². The molecule has 6 nitrogen and oxygen atoms in total. The Morgan fingerprint density at radius 2 is 2.00 bits per heavy atom. The van der Waals surface area contributed by atoms with Crippen molar-refractivity contribution in [2.45, 2.75) is 6.54 Å². The third-order valence-corrected chi connectivity index (χ3v) is 4.09. The van der Waals surface area contributed by atoms with E-state index in [1.807, 2.05) is 12.1 Å². The summed E-state index contributed by atoms with van der Waals surface area (Å²) < 4.78 is 27.2. The Bertz CT molecular complexity index is 611. The highest BCUT2D eigenvalue weighted by Crippen LogP contribution is 2.12. The van der Waals surface area contributed by atoms with Gasteiger partial charge in [-0.25, -0.2) is 18.1 Å². The van der Waals surface area contributed by atoms with E-state index in [0.717, 1.165) is 5.56 Å². The van der Waals surface area contributed by atoms with E-state index < -0.39 is 10.0 Å². The standard InChI is InChI=1S/C11H13ClN4O2S/c12-5-6-19(17,18)15-11-3-1-10(2-4-11)7-16-9-13-8-14-16/h1-4,8-9,15H,5-7H2. The largest absolute Gasteiger partial charge is 0.284 e. The molecule has 0 spiro atoms. The summed E-state index contributed by atoms with van der Waals surface area (Å²) in [6, 6.07) is 7.08. The van der Waals surface area contributed by atoms with Crippen molar-refractivity contribution in [3.05, 3.63) is 42.5 Å². The molecule has 1 heterocycles. The van der Waals surface area contributed by atoms with Gasteiger partial charge in [-0.1, -0.05) is 12.1 Å².